The summed E-state index contributed by atoms with van der Waals surface area (Å²) < 4.78 is 0. The number of amides is 1. The average molecular weight is 382 g/mol. The van der Waals surface area contributed by atoms with Gasteiger partial charge in [0.1, 0.15) is 0 Å². The maximum absolute atomic E-state index is 12.7. The third kappa shape index (κ3) is 5.52. The van der Waals surface area contributed by atoms with Crippen LogP contribution in [0, 0.1) is 5.92 Å². The normalized spacial score (nSPS) is 17.0. The van der Waals surface area contributed by atoms with Gasteiger partial charge in [-0.3, -0.25) is 9.69 Å². The molecule has 0 radical (unpaired) electrons. The Kier molecular flexibility index (Phi) is 7.37. The number of anilines is 1. The minimum atomic E-state index is -0.0144. The first-order valence-corrected chi connectivity index (χ1v) is 10.3. The zero-order chi connectivity index (χ0) is 19.8. The molecule has 1 unspecified atom stereocenters. The molecule has 1 aliphatic heterocycles. The number of piperidine rings is 1. The number of nitrogens with zero attached hydrogens (tertiary/aromatic N) is 4. The predicted octanol–water partition coefficient (Wildman–Crippen LogP) is 2.85. The fourth-order valence-electron chi connectivity index (χ4n) is 3.63. The van der Waals surface area contributed by atoms with E-state index >= 15 is 0 Å². The number of nitrogens with one attached hydrogen (secondary N) is 1. The third-order valence-corrected chi connectivity index (χ3v) is 5.42. The number of carbonyl (C=O) groups excluding carboxylic acids is 1. The average Bonchev–Trinajstić information content (AvgIpc) is 2.77. The Labute approximate surface area is 168 Å². The van der Waals surface area contributed by atoms with Crippen molar-refractivity contribution in [1.82, 2.24) is 20.2 Å². The van der Waals surface area contributed by atoms with Crippen molar-refractivity contribution in [2.24, 2.45) is 5.92 Å². The second-order valence-electron chi connectivity index (χ2n) is 7.33. The lowest BCUT2D eigenvalue weighted by Crippen LogP contribution is -2.43. The molecule has 2 aromatic rings. The summed E-state index contributed by atoms with van der Waals surface area (Å²) in [6.45, 7) is 9.61. The highest BCUT2D eigenvalue weighted by Crippen LogP contribution is 2.20. The molecule has 1 saturated heterocycles. The summed E-state index contributed by atoms with van der Waals surface area (Å²) in [5.41, 5.74) is 2.44. The van der Waals surface area contributed by atoms with E-state index in [1.807, 2.05) is 6.07 Å². The molecule has 1 atom stereocenters. The van der Waals surface area contributed by atoms with Crippen LogP contribution < -0.4 is 10.2 Å². The second-order valence-corrected chi connectivity index (χ2v) is 7.33. The summed E-state index contributed by atoms with van der Waals surface area (Å²) >= 11 is 0. The molecule has 2 heterocycles. The molecule has 0 aliphatic carbocycles. The van der Waals surface area contributed by atoms with Crippen LogP contribution in [0.25, 0.3) is 0 Å². The van der Waals surface area contributed by atoms with Gasteiger partial charge in [-0.25, -0.2) is 9.97 Å². The molecule has 3 rings (SSSR count). The third-order valence-electron chi connectivity index (χ3n) is 5.42. The first-order valence-electron chi connectivity index (χ1n) is 10.3. The Morgan fingerprint density at radius 3 is 2.50 bits per heavy atom. The molecule has 1 amide bonds. The van der Waals surface area contributed by atoms with E-state index in [0.29, 0.717) is 19.0 Å². The molecule has 1 aliphatic rings. The zero-order valence-electron chi connectivity index (χ0n) is 17.0. The zero-order valence-corrected chi connectivity index (χ0v) is 17.0. The van der Waals surface area contributed by atoms with Crippen molar-refractivity contribution in [2.45, 2.75) is 39.8 Å². The van der Waals surface area contributed by atoms with E-state index in [-0.39, 0.29) is 11.8 Å². The van der Waals surface area contributed by atoms with Crippen LogP contribution >= 0.6 is 0 Å². The molecule has 0 bridgehead atoms. The fraction of sp³-hybridized carbons (Fsp3) is 0.500. The van der Waals surface area contributed by atoms with Crippen molar-refractivity contribution in [3.05, 3.63) is 53.9 Å². The molecule has 1 fully saturated rings. The maximum atomic E-state index is 12.7. The molecule has 28 heavy (non-hydrogen) atoms. The Hall–Kier alpha value is -2.47. The SMILES string of the molecule is CCN(CC)Cc1ccc(CNC(=O)C2CCCN(c3ncccn3)C2)cc1. The lowest BCUT2D eigenvalue weighted by molar-refractivity contribution is -0.125. The summed E-state index contributed by atoms with van der Waals surface area (Å²) in [6, 6.07) is 10.4. The van der Waals surface area contributed by atoms with E-state index in [1.54, 1.807) is 12.4 Å². The van der Waals surface area contributed by atoms with Crippen molar-refractivity contribution in [2.75, 3.05) is 31.1 Å². The highest BCUT2D eigenvalue weighted by molar-refractivity contribution is 5.79. The molecule has 6 heteroatoms. The van der Waals surface area contributed by atoms with E-state index in [0.717, 1.165) is 44.6 Å². The molecule has 1 aromatic carbocycles. The first-order chi connectivity index (χ1) is 13.7. The number of aromatic nitrogens is 2. The van der Waals surface area contributed by atoms with Crippen LogP contribution in [0.4, 0.5) is 5.95 Å². The minimum Gasteiger partial charge on any atom is -0.352 e. The van der Waals surface area contributed by atoms with Crippen molar-refractivity contribution < 1.29 is 4.79 Å². The molecule has 1 N–H and O–H groups in total. The number of hydrogen-bond acceptors (Lipinski definition) is 5. The first kappa shape index (κ1) is 20.3. The van der Waals surface area contributed by atoms with Crippen molar-refractivity contribution >= 4 is 11.9 Å². The summed E-state index contributed by atoms with van der Waals surface area (Å²) in [6.07, 6.45) is 5.39. The number of benzene rings is 1. The van der Waals surface area contributed by atoms with Gasteiger partial charge in [-0.05, 0) is 43.1 Å². The van der Waals surface area contributed by atoms with Crippen molar-refractivity contribution in [3.8, 4) is 0 Å². The standard InChI is InChI=1S/C22H31N5O/c1-3-26(4-2)16-19-10-8-18(9-11-19)15-25-21(28)20-7-5-14-27(17-20)22-23-12-6-13-24-22/h6,8-13,20H,3-5,7,14-17H2,1-2H3,(H,25,28). The van der Waals surface area contributed by atoms with Gasteiger partial charge in [-0.2, -0.15) is 0 Å². The van der Waals surface area contributed by atoms with Crippen molar-refractivity contribution in [3.63, 3.8) is 0 Å². The quantitative estimate of drug-likeness (QED) is 0.762. The van der Waals surface area contributed by atoms with E-state index < -0.39 is 0 Å². The van der Waals surface area contributed by atoms with Crippen LogP contribution in [0.1, 0.15) is 37.8 Å². The topological polar surface area (TPSA) is 61.4 Å². The lowest BCUT2D eigenvalue weighted by Gasteiger charge is -2.31. The molecule has 150 valence electrons. The van der Waals surface area contributed by atoms with E-state index in [9.17, 15) is 4.79 Å². The van der Waals surface area contributed by atoms with Crippen LogP contribution in [-0.2, 0) is 17.9 Å². The van der Waals surface area contributed by atoms with Crippen LogP contribution in [0.5, 0.6) is 0 Å². The number of carbonyl (C=O) groups is 1. The molecule has 6 nitrogen and oxygen atoms in total. The Morgan fingerprint density at radius 2 is 1.82 bits per heavy atom. The maximum Gasteiger partial charge on any atom is 0.225 e. The van der Waals surface area contributed by atoms with Crippen LogP contribution in [0.15, 0.2) is 42.7 Å². The van der Waals surface area contributed by atoms with E-state index in [4.69, 9.17) is 0 Å². The van der Waals surface area contributed by atoms with Gasteiger partial charge in [0.15, 0.2) is 0 Å². The van der Waals surface area contributed by atoms with Gasteiger partial charge in [0.05, 0.1) is 5.92 Å². The van der Waals surface area contributed by atoms with Gasteiger partial charge in [-0.15, -0.1) is 0 Å². The fourth-order valence-corrected chi connectivity index (χ4v) is 3.63. The highest BCUT2D eigenvalue weighted by atomic mass is 16.1. The predicted molar refractivity (Wildman–Crippen MR) is 112 cm³/mol. The molecule has 0 spiro atoms. The Balaban J connectivity index is 1.49. The monoisotopic (exact) mass is 381 g/mol. The van der Waals surface area contributed by atoms with Crippen LogP contribution in [0.3, 0.4) is 0 Å². The lowest BCUT2D eigenvalue weighted by atomic mass is 9.97. The number of rotatable bonds is 8. The summed E-state index contributed by atoms with van der Waals surface area (Å²) in [7, 11) is 0. The Morgan fingerprint density at radius 1 is 1.14 bits per heavy atom. The highest BCUT2D eigenvalue weighted by Gasteiger charge is 2.26. The number of hydrogen-bond donors (Lipinski definition) is 1. The molecular weight excluding hydrogens is 350 g/mol. The summed E-state index contributed by atoms with van der Waals surface area (Å²) in [4.78, 5) is 25.8. The summed E-state index contributed by atoms with van der Waals surface area (Å²) in [5, 5.41) is 3.11. The van der Waals surface area contributed by atoms with Crippen molar-refractivity contribution in [1.29, 1.82) is 0 Å². The van der Waals surface area contributed by atoms with E-state index in [2.05, 4.69) is 63.2 Å². The van der Waals surface area contributed by atoms with Gasteiger partial charge >= 0.3 is 0 Å². The second kappa shape index (κ2) is 10.2. The molecular formula is C22H31N5O. The molecule has 0 saturated carbocycles. The summed E-state index contributed by atoms with van der Waals surface area (Å²) in [5.74, 6) is 0.816. The largest absolute Gasteiger partial charge is 0.352 e. The van der Waals surface area contributed by atoms with Gasteiger partial charge in [0, 0.05) is 38.6 Å². The molecule has 1 aromatic heterocycles. The van der Waals surface area contributed by atoms with Gasteiger partial charge in [-0.1, -0.05) is 38.1 Å². The Bertz CT molecular complexity index is 730. The minimum absolute atomic E-state index is 0.0144. The smallest absolute Gasteiger partial charge is 0.225 e. The van der Waals surface area contributed by atoms with Gasteiger partial charge in [0.25, 0.3) is 0 Å². The van der Waals surface area contributed by atoms with Crippen LogP contribution in [0.2, 0.25) is 0 Å². The van der Waals surface area contributed by atoms with Gasteiger partial charge in [0.2, 0.25) is 11.9 Å². The van der Waals surface area contributed by atoms with Gasteiger partial charge < -0.3 is 10.2 Å². The van der Waals surface area contributed by atoms with Crippen LogP contribution in [-0.4, -0.2) is 47.0 Å². The van der Waals surface area contributed by atoms with E-state index in [1.165, 1.54) is 5.56 Å².